The highest BCUT2D eigenvalue weighted by atomic mass is 19.1. The van der Waals surface area contributed by atoms with Gasteiger partial charge in [0.1, 0.15) is 12.3 Å². The van der Waals surface area contributed by atoms with Crippen molar-refractivity contribution in [3.63, 3.8) is 0 Å². The van der Waals surface area contributed by atoms with Crippen LogP contribution in [0.15, 0.2) is 30.3 Å². The smallest absolute Gasteiger partial charge is 0.410 e. The zero-order valence-corrected chi connectivity index (χ0v) is 13.4. The second kappa shape index (κ2) is 7.09. The molecule has 2 rings (SSSR count). The molecule has 22 heavy (non-hydrogen) atoms. The van der Waals surface area contributed by atoms with Gasteiger partial charge in [0.2, 0.25) is 0 Å². The lowest BCUT2D eigenvalue weighted by Crippen LogP contribution is -2.41. The van der Waals surface area contributed by atoms with Gasteiger partial charge in [0.25, 0.3) is 0 Å². The third-order valence-corrected chi connectivity index (χ3v) is 3.51. The number of likely N-dealkylation sites (tertiary alicyclic amines) is 1. The van der Waals surface area contributed by atoms with E-state index in [1.165, 1.54) is 4.90 Å². The van der Waals surface area contributed by atoms with Crippen LogP contribution < -0.4 is 0 Å². The van der Waals surface area contributed by atoms with E-state index in [1.54, 1.807) is 20.8 Å². The van der Waals surface area contributed by atoms with Crippen molar-refractivity contribution in [1.82, 2.24) is 4.90 Å². The first-order valence-corrected chi connectivity index (χ1v) is 7.60. The van der Waals surface area contributed by atoms with E-state index in [0.29, 0.717) is 19.6 Å². The third kappa shape index (κ3) is 4.70. The molecule has 0 unspecified atom stereocenters. The molecule has 0 bridgehead atoms. The molecule has 1 saturated heterocycles. The normalized spacial score (nSPS) is 21.9. The van der Waals surface area contributed by atoms with Gasteiger partial charge in [-0.2, -0.15) is 0 Å². The second-order valence-electron chi connectivity index (χ2n) is 6.60. The van der Waals surface area contributed by atoms with Crippen LogP contribution >= 0.6 is 0 Å². The van der Waals surface area contributed by atoms with Crippen LogP contribution in [0.2, 0.25) is 0 Å². The number of benzene rings is 1. The van der Waals surface area contributed by atoms with Gasteiger partial charge in [0, 0.05) is 0 Å². The first-order valence-electron chi connectivity index (χ1n) is 7.60. The maximum Gasteiger partial charge on any atom is 0.410 e. The number of hydrogen-bond acceptors (Lipinski definition) is 3. The molecule has 1 aliphatic rings. The Bertz CT molecular complexity index is 486. The topological polar surface area (TPSA) is 38.8 Å². The minimum Gasteiger partial charge on any atom is -0.444 e. The van der Waals surface area contributed by atoms with Gasteiger partial charge in [-0.3, -0.25) is 4.90 Å². The minimum absolute atomic E-state index is 0.159. The summed E-state index contributed by atoms with van der Waals surface area (Å²) in [5.41, 5.74) is 0.482. The lowest BCUT2D eigenvalue weighted by Gasteiger charge is -2.27. The SMILES string of the molecule is CC(C)(C)OC(=O)N1C[C@H](OCc2ccccc2)C[C@@H]1CF. The van der Waals surface area contributed by atoms with E-state index < -0.39 is 24.4 Å². The van der Waals surface area contributed by atoms with E-state index in [9.17, 15) is 9.18 Å². The summed E-state index contributed by atoms with van der Waals surface area (Å²) in [4.78, 5) is 13.6. The van der Waals surface area contributed by atoms with Gasteiger partial charge in [-0.1, -0.05) is 30.3 Å². The van der Waals surface area contributed by atoms with Crippen molar-refractivity contribution in [2.75, 3.05) is 13.2 Å². The fourth-order valence-corrected chi connectivity index (χ4v) is 2.47. The zero-order chi connectivity index (χ0) is 16.2. The van der Waals surface area contributed by atoms with Crippen LogP contribution in [0.3, 0.4) is 0 Å². The molecular formula is C17H24FNO3. The average molecular weight is 309 g/mol. The summed E-state index contributed by atoms with van der Waals surface area (Å²) in [6, 6.07) is 9.34. The van der Waals surface area contributed by atoms with Crippen molar-refractivity contribution < 1.29 is 18.7 Å². The van der Waals surface area contributed by atoms with Gasteiger partial charge in [-0.15, -0.1) is 0 Å². The van der Waals surface area contributed by atoms with Crippen LogP contribution in [-0.2, 0) is 16.1 Å². The lowest BCUT2D eigenvalue weighted by molar-refractivity contribution is 0.0139. The molecule has 5 heteroatoms. The molecule has 1 aromatic rings. The van der Waals surface area contributed by atoms with E-state index in [1.807, 2.05) is 30.3 Å². The number of hydrogen-bond donors (Lipinski definition) is 0. The maximum absolute atomic E-state index is 13.2. The highest BCUT2D eigenvalue weighted by Crippen LogP contribution is 2.24. The molecule has 122 valence electrons. The Morgan fingerprint density at radius 2 is 2.00 bits per heavy atom. The predicted octanol–water partition coefficient (Wildman–Crippen LogP) is 3.55. The van der Waals surface area contributed by atoms with Crippen molar-refractivity contribution in [2.24, 2.45) is 0 Å². The standard InChI is InChI=1S/C17H24FNO3/c1-17(2,3)22-16(20)19-11-15(9-14(19)10-18)21-12-13-7-5-4-6-8-13/h4-8,14-15H,9-12H2,1-3H3/t14-,15-/m1/s1. The average Bonchev–Trinajstić information content (AvgIpc) is 2.88. The quantitative estimate of drug-likeness (QED) is 0.854. The Morgan fingerprint density at radius 1 is 1.32 bits per heavy atom. The second-order valence-corrected chi connectivity index (χ2v) is 6.60. The fraction of sp³-hybridized carbons (Fsp3) is 0.588. The van der Waals surface area contributed by atoms with Crippen molar-refractivity contribution >= 4 is 6.09 Å². The van der Waals surface area contributed by atoms with Crippen molar-refractivity contribution in [3.8, 4) is 0 Å². The van der Waals surface area contributed by atoms with Crippen LogP contribution in [0.5, 0.6) is 0 Å². The first-order chi connectivity index (χ1) is 10.4. The maximum atomic E-state index is 13.2. The summed E-state index contributed by atoms with van der Waals surface area (Å²) in [6.07, 6.45) is -0.128. The van der Waals surface area contributed by atoms with E-state index in [0.717, 1.165) is 5.56 Å². The van der Waals surface area contributed by atoms with Crippen molar-refractivity contribution in [3.05, 3.63) is 35.9 Å². The molecule has 4 nitrogen and oxygen atoms in total. The largest absolute Gasteiger partial charge is 0.444 e. The Labute approximate surface area is 131 Å². The molecule has 0 N–H and O–H groups in total. The molecular weight excluding hydrogens is 285 g/mol. The molecule has 1 fully saturated rings. The van der Waals surface area contributed by atoms with E-state index in [2.05, 4.69) is 0 Å². The minimum atomic E-state index is -0.582. The molecule has 1 heterocycles. The number of rotatable bonds is 4. The zero-order valence-electron chi connectivity index (χ0n) is 13.4. The Morgan fingerprint density at radius 3 is 2.59 bits per heavy atom. The van der Waals surface area contributed by atoms with E-state index in [4.69, 9.17) is 9.47 Å². The van der Waals surface area contributed by atoms with Gasteiger partial charge < -0.3 is 9.47 Å². The molecule has 0 radical (unpaired) electrons. The van der Waals surface area contributed by atoms with Gasteiger partial charge in [-0.25, -0.2) is 9.18 Å². The van der Waals surface area contributed by atoms with Crippen LogP contribution in [0.25, 0.3) is 0 Å². The molecule has 1 aromatic carbocycles. The van der Waals surface area contributed by atoms with Gasteiger partial charge in [0.15, 0.2) is 0 Å². The van der Waals surface area contributed by atoms with Crippen LogP contribution in [0.4, 0.5) is 9.18 Å². The van der Waals surface area contributed by atoms with E-state index >= 15 is 0 Å². The molecule has 0 spiro atoms. The highest BCUT2D eigenvalue weighted by Gasteiger charge is 2.38. The van der Waals surface area contributed by atoms with Crippen LogP contribution in [0, 0.1) is 0 Å². The van der Waals surface area contributed by atoms with Gasteiger partial charge >= 0.3 is 6.09 Å². The fourth-order valence-electron chi connectivity index (χ4n) is 2.47. The highest BCUT2D eigenvalue weighted by molar-refractivity contribution is 5.69. The number of alkyl halides is 1. The summed E-state index contributed by atoms with van der Waals surface area (Å²) in [6.45, 7) is 5.66. The number of carbonyl (C=O) groups excluding carboxylic acids is 1. The Balaban J connectivity index is 1.90. The number of nitrogens with zero attached hydrogens (tertiary/aromatic N) is 1. The van der Waals surface area contributed by atoms with Crippen LogP contribution in [0.1, 0.15) is 32.8 Å². The summed E-state index contributed by atoms with van der Waals surface area (Å²) in [7, 11) is 0. The molecule has 0 saturated carbocycles. The van der Waals surface area contributed by atoms with E-state index in [-0.39, 0.29) is 6.10 Å². The van der Waals surface area contributed by atoms with Crippen molar-refractivity contribution in [1.29, 1.82) is 0 Å². The van der Waals surface area contributed by atoms with Crippen molar-refractivity contribution in [2.45, 2.75) is 51.5 Å². The number of ether oxygens (including phenoxy) is 2. The van der Waals surface area contributed by atoms with Crippen LogP contribution in [-0.4, -0.2) is 42.0 Å². The molecule has 2 atom stereocenters. The first kappa shape index (κ1) is 16.7. The van der Waals surface area contributed by atoms with Gasteiger partial charge in [0.05, 0.1) is 25.3 Å². The molecule has 0 aromatic heterocycles. The molecule has 1 amide bonds. The number of halogens is 1. The summed E-state index contributed by atoms with van der Waals surface area (Å²) < 4.78 is 24.3. The Hall–Kier alpha value is -1.62. The number of amides is 1. The predicted molar refractivity (Wildman–Crippen MR) is 82.3 cm³/mol. The number of carbonyl (C=O) groups is 1. The Kier molecular flexibility index (Phi) is 5.40. The third-order valence-electron chi connectivity index (χ3n) is 3.51. The summed E-state index contributed by atoms with van der Waals surface area (Å²) in [5.74, 6) is 0. The molecule has 1 aliphatic heterocycles. The lowest BCUT2D eigenvalue weighted by atomic mass is 10.2. The summed E-state index contributed by atoms with van der Waals surface area (Å²) >= 11 is 0. The van der Waals surface area contributed by atoms with Gasteiger partial charge in [-0.05, 0) is 32.8 Å². The summed E-state index contributed by atoms with van der Waals surface area (Å²) in [5, 5.41) is 0. The molecule has 0 aliphatic carbocycles. The monoisotopic (exact) mass is 309 g/mol.